The number of aromatic nitrogens is 1. The van der Waals surface area contributed by atoms with Crippen LogP contribution in [0.5, 0.6) is 5.75 Å². The number of hydrogen-bond acceptors (Lipinski definition) is 2. The minimum Gasteiger partial charge on any atom is -0.497 e. The van der Waals surface area contributed by atoms with E-state index >= 15 is 0 Å². The van der Waals surface area contributed by atoms with Crippen LogP contribution in [-0.2, 0) is 6.54 Å². The van der Waals surface area contributed by atoms with E-state index in [0.717, 1.165) is 16.7 Å². The molecule has 0 saturated carbocycles. The minimum atomic E-state index is 0.0372. The lowest BCUT2D eigenvalue weighted by molar-refractivity contribution is 0.415. The first-order valence-corrected chi connectivity index (χ1v) is 4.94. The predicted molar refractivity (Wildman–Crippen MR) is 60.4 cm³/mol. The van der Waals surface area contributed by atoms with E-state index in [1.807, 2.05) is 31.2 Å². The van der Waals surface area contributed by atoms with Crippen LogP contribution in [0.15, 0.2) is 35.1 Å². The van der Waals surface area contributed by atoms with Gasteiger partial charge in [0.05, 0.1) is 12.6 Å². The van der Waals surface area contributed by atoms with Crippen LogP contribution in [0.1, 0.15) is 6.92 Å². The molecule has 2 aromatic rings. The molecular formula is C12H13NO2. The molecule has 0 aliphatic carbocycles. The Morgan fingerprint density at radius 2 is 2.07 bits per heavy atom. The van der Waals surface area contributed by atoms with E-state index in [2.05, 4.69) is 0 Å². The summed E-state index contributed by atoms with van der Waals surface area (Å²) in [6.07, 6.45) is 0. The van der Waals surface area contributed by atoms with Crippen molar-refractivity contribution in [2.24, 2.45) is 0 Å². The van der Waals surface area contributed by atoms with Gasteiger partial charge >= 0.3 is 0 Å². The van der Waals surface area contributed by atoms with Gasteiger partial charge < -0.3 is 9.30 Å². The molecule has 0 aliphatic rings. The third-order valence-electron chi connectivity index (χ3n) is 2.51. The van der Waals surface area contributed by atoms with Crippen LogP contribution >= 0.6 is 0 Å². The molecule has 0 unspecified atom stereocenters. The van der Waals surface area contributed by atoms with E-state index in [9.17, 15) is 4.79 Å². The molecule has 0 N–H and O–H groups in total. The summed E-state index contributed by atoms with van der Waals surface area (Å²) in [5.74, 6) is 0.809. The van der Waals surface area contributed by atoms with Crippen LogP contribution in [-0.4, -0.2) is 11.7 Å². The maximum Gasteiger partial charge on any atom is 0.250 e. The lowest BCUT2D eigenvalue weighted by Crippen LogP contribution is -2.17. The number of pyridine rings is 1. The van der Waals surface area contributed by atoms with Gasteiger partial charge in [-0.2, -0.15) is 0 Å². The average Bonchev–Trinajstić information content (AvgIpc) is 2.28. The van der Waals surface area contributed by atoms with E-state index in [1.54, 1.807) is 17.7 Å². The topological polar surface area (TPSA) is 31.2 Å². The second-order valence-electron chi connectivity index (χ2n) is 3.34. The van der Waals surface area contributed by atoms with Crippen molar-refractivity contribution in [3.63, 3.8) is 0 Å². The molecule has 0 aliphatic heterocycles. The number of hydrogen-bond donors (Lipinski definition) is 0. The fourth-order valence-electron chi connectivity index (χ4n) is 1.73. The SMILES string of the molecule is CCn1c(=O)ccc2cc(OC)ccc21. The zero-order valence-electron chi connectivity index (χ0n) is 8.86. The summed E-state index contributed by atoms with van der Waals surface area (Å²) < 4.78 is 6.88. The van der Waals surface area contributed by atoms with Crippen molar-refractivity contribution in [2.45, 2.75) is 13.5 Å². The average molecular weight is 203 g/mol. The highest BCUT2D eigenvalue weighted by Crippen LogP contribution is 2.19. The van der Waals surface area contributed by atoms with E-state index < -0.39 is 0 Å². The van der Waals surface area contributed by atoms with Gasteiger partial charge in [0.15, 0.2) is 0 Å². The molecule has 2 rings (SSSR count). The van der Waals surface area contributed by atoms with Gasteiger partial charge in [-0.15, -0.1) is 0 Å². The minimum absolute atomic E-state index is 0.0372. The fourth-order valence-corrected chi connectivity index (χ4v) is 1.73. The summed E-state index contributed by atoms with van der Waals surface area (Å²) in [4.78, 5) is 11.6. The lowest BCUT2D eigenvalue weighted by atomic mass is 10.2. The Labute approximate surface area is 87.9 Å². The molecule has 0 atom stereocenters. The molecule has 0 fully saturated rings. The highest BCUT2D eigenvalue weighted by molar-refractivity contribution is 5.80. The highest BCUT2D eigenvalue weighted by atomic mass is 16.5. The fraction of sp³-hybridized carbons (Fsp3) is 0.250. The van der Waals surface area contributed by atoms with Crippen molar-refractivity contribution in [2.75, 3.05) is 7.11 Å². The first kappa shape index (κ1) is 9.77. The summed E-state index contributed by atoms with van der Waals surface area (Å²) in [6, 6.07) is 9.13. The molecule has 3 nitrogen and oxygen atoms in total. The van der Waals surface area contributed by atoms with Gasteiger partial charge in [-0.05, 0) is 31.2 Å². The van der Waals surface area contributed by atoms with Crippen LogP contribution in [0.2, 0.25) is 0 Å². The van der Waals surface area contributed by atoms with Crippen molar-refractivity contribution in [3.8, 4) is 5.75 Å². The number of ether oxygens (including phenoxy) is 1. The Bertz CT molecular complexity index is 543. The lowest BCUT2D eigenvalue weighted by Gasteiger charge is -2.08. The van der Waals surface area contributed by atoms with Crippen molar-refractivity contribution < 1.29 is 4.74 Å². The normalized spacial score (nSPS) is 10.5. The smallest absolute Gasteiger partial charge is 0.250 e. The van der Waals surface area contributed by atoms with Gasteiger partial charge in [-0.3, -0.25) is 4.79 Å². The van der Waals surface area contributed by atoms with Gasteiger partial charge in [0.1, 0.15) is 5.75 Å². The largest absolute Gasteiger partial charge is 0.497 e. The zero-order chi connectivity index (χ0) is 10.8. The van der Waals surface area contributed by atoms with E-state index in [-0.39, 0.29) is 5.56 Å². The third kappa shape index (κ3) is 1.61. The number of nitrogens with zero attached hydrogens (tertiary/aromatic N) is 1. The van der Waals surface area contributed by atoms with Gasteiger partial charge in [0.2, 0.25) is 0 Å². The van der Waals surface area contributed by atoms with Crippen molar-refractivity contribution in [3.05, 3.63) is 40.7 Å². The molecular weight excluding hydrogens is 190 g/mol. The number of rotatable bonds is 2. The molecule has 0 bridgehead atoms. The quantitative estimate of drug-likeness (QED) is 0.747. The molecule has 15 heavy (non-hydrogen) atoms. The van der Waals surface area contributed by atoms with Crippen LogP contribution in [0.4, 0.5) is 0 Å². The zero-order valence-corrected chi connectivity index (χ0v) is 8.86. The molecule has 0 saturated heterocycles. The molecule has 1 heterocycles. The number of fused-ring (bicyclic) bond motifs is 1. The predicted octanol–water partition coefficient (Wildman–Crippen LogP) is 2.03. The van der Waals surface area contributed by atoms with Gasteiger partial charge in [0.25, 0.3) is 5.56 Å². The standard InChI is InChI=1S/C12H13NO2/c1-3-13-11-6-5-10(15-2)8-9(11)4-7-12(13)14/h4-8H,3H2,1-2H3. The number of benzene rings is 1. The summed E-state index contributed by atoms with van der Waals surface area (Å²) in [7, 11) is 1.64. The molecule has 1 aromatic carbocycles. The Hall–Kier alpha value is -1.77. The number of methoxy groups -OCH3 is 1. The molecule has 3 heteroatoms. The highest BCUT2D eigenvalue weighted by Gasteiger charge is 2.01. The van der Waals surface area contributed by atoms with Crippen molar-refractivity contribution in [1.82, 2.24) is 4.57 Å². The maximum atomic E-state index is 11.6. The van der Waals surface area contributed by atoms with Crippen LogP contribution in [0.25, 0.3) is 10.9 Å². The number of aryl methyl sites for hydroxylation is 1. The van der Waals surface area contributed by atoms with Gasteiger partial charge in [-0.1, -0.05) is 0 Å². The summed E-state index contributed by atoms with van der Waals surface area (Å²) in [5, 5.41) is 1.02. The molecule has 0 radical (unpaired) electrons. The monoisotopic (exact) mass is 203 g/mol. The first-order valence-electron chi connectivity index (χ1n) is 4.94. The summed E-state index contributed by atoms with van der Waals surface area (Å²) in [5.41, 5.74) is 0.987. The van der Waals surface area contributed by atoms with Gasteiger partial charge in [-0.25, -0.2) is 0 Å². The second-order valence-corrected chi connectivity index (χ2v) is 3.34. The van der Waals surface area contributed by atoms with E-state index in [4.69, 9.17) is 4.74 Å². The van der Waals surface area contributed by atoms with Crippen molar-refractivity contribution in [1.29, 1.82) is 0 Å². The third-order valence-corrected chi connectivity index (χ3v) is 2.51. The Morgan fingerprint density at radius 1 is 1.27 bits per heavy atom. The maximum absolute atomic E-state index is 11.6. The Balaban J connectivity index is 2.78. The summed E-state index contributed by atoms with van der Waals surface area (Å²) in [6.45, 7) is 2.65. The summed E-state index contributed by atoms with van der Waals surface area (Å²) >= 11 is 0. The second kappa shape index (κ2) is 3.77. The van der Waals surface area contributed by atoms with Crippen LogP contribution in [0, 0.1) is 0 Å². The van der Waals surface area contributed by atoms with E-state index in [1.165, 1.54) is 0 Å². The Kier molecular flexibility index (Phi) is 2.46. The Morgan fingerprint density at radius 3 is 2.73 bits per heavy atom. The van der Waals surface area contributed by atoms with Gasteiger partial charge in [0, 0.05) is 18.0 Å². The molecule has 78 valence electrons. The molecule has 0 amide bonds. The van der Waals surface area contributed by atoms with Crippen LogP contribution in [0.3, 0.4) is 0 Å². The van der Waals surface area contributed by atoms with E-state index in [0.29, 0.717) is 6.54 Å². The van der Waals surface area contributed by atoms with Crippen molar-refractivity contribution >= 4 is 10.9 Å². The molecule has 1 aromatic heterocycles. The van der Waals surface area contributed by atoms with Crippen LogP contribution < -0.4 is 10.3 Å². The molecule has 0 spiro atoms. The first-order chi connectivity index (χ1) is 7.26.